The van der Waals surface area contributed by atoms with E-state index in [1.54, 1.807) is 24.3 Å². The van der Waals surface area contributed by atoms with E-state index in [0.717, 1.165) is 43.4 Å². The van der Waals surface area contributed by atoms with Crippen LogP contribution in [0.15, 0.2) is 29.2 Å². The number of rotatable bonds is 6. The first-order chi connectivity index (χ1) is 14.3. The van der Waals surface area contributed by atoms with Crippen LogP contribution in [0, 0.1) is 23.7 Å². The third-order valence-electron chi connectivity index (χ3n) is 7.84. The molecule has 1 amide bonds. The van der Waals surface area contributed by atoms with Gasteiger partial charge in [0.15, 0.2) is 0 Å². The van der Waals surface area contributed by atoms with Gasteiger partial charge >= 0.3 is 0 Å². The van der Waals surface area contributed by atoms with E-state index in [-0.39, 0.29) is 22.3 Å². The fraction of sp³-hybridized carbons (Fsp3) is 0.696. The second kappa shape index (κ2) is 7.52. The standard InChI is InChI=1S/C23H32N2O4S/c1-29-20-3-2-4-21(11-20)30(27,28)25-6-5-16(15-25)10-22(26)24-23-12-17-7-18(13-23)9-19(8-17)14-23/h2-4,11,16-19H,5-10,12-15H2,1H3,(H,24,26). The van der Waals surface area contributed by atoms with Gasteiger partial charge in [0.05, 0.1) is 12.0 Å². The SMILES string of the molecule is COc1cccc(S(=O)(=O)N2CCC(CC(=O)NC34CC5CC(CC(C5)C3)C4)C2)c1. The first-order valence-electron chi connectivity index (χ1n) is 11.3. The van der Waals surface area contributed by atoms with Gasteiger partial charge in [0, 0.05) is 31.1 Å². The largest absolute Gasteiger partial charge is 0.497 e. The molecule has 1 aliphatic heterocycles. The van der Waals surface area contributed by atoms with Gasteiger partial charge in [-0.25, -0.2) is 8.42 Å². The fourth-order valence-electron chi connectivity index (χ4n) is 6.97. The van der Waals surface area contributed by atoms with Crippen LogP contribution in [0.5, 0.6) is 5.75 Å². The molecule has 7 heteroatoms. The number of sulfonamides is 1. The fourth-order valence-corrected chi connectivity index (χ4v) is 8.53. The van der Waals surface area contributed by atoms with Crippen LogP contribution >= 0.6 is 0 Å². The zero-order valence-corrected chi connectivity index (χ0v) is 18.5. The lowest BCUT2D eigenvalue weighted by Crippen LogP contribution is -2.60. The Morgan fingerprint density at radius 2 is 1.83 bits per heavy atom. The summed E-state index contributed by atoms with van der Waals surface area (Å²) in [6, 6.07) is 6.59. The molecule has 1 saturated heterocycles. The van der Waals surface area contributed by atoms with E-state index in [4.69, 9.17) is 4.74 Å². The minimum absolute atomic E-state index is 0.0246. The number of methoxy groups -OCH3 is 1. The predicted octanol–water partition coefficient (Wildman–Crippen LogP) is 3.18. The summed E-state index contributed by atoms with van der Waals surface area (Å²) in [5.41, 5.74) is 0.0246. The van der Waals surface area contributed by atoms with E-state index in [1.165, 1.54) is 30.7 Å². The van der Waals surface area contributed by atoms with Crippen molar-refractivity contribution in [1.29, 1.82) is 0 Å². The minimum Gasteiger partial charge on any atom is -0.497 e. The lowest BCUT2D eigenvalue weighted by molar-refractivity contribution is -0.127. The maximum atomic E-state index is 13.0. The Morgan fingerprint density at radius 1 is 1.17 bits per heavy atom. The number of hydrogen-bond acceptors (Lipinski definition) is 4. The molecular weight excluding hydrogens is 400 g/mol. The summed E-state index contributed by atoms with van der Waals surface area (Å²) in [6.45, 7) is 0.878. The quantitative estimate of drug-likeness (QED) is 0.749. The van der Waals surface area contributed by atoms with Gasteiger partial charge in [0.2, 0.25) is 15.9 Å². The van der Waals surface area contributed by atoms with E-state index in [2.05, 4.69) is 5.32 Å². The molecule has 1 atom stereocenters. The number of carbonyl (C=O) groups excluding carboxylic acids is 1. The molecule has 1 aromatic rings. The highest BCUT2D eigenvalue weighted by molar-refractivity contribution is 7.89. The maximum absolute atomic E-state index is 13.0. The van der Waals surface area contributed by atoms with Gasteiger partial charge in [-0.1, -0.05) is 6.07 Å². The molecule has 1 N–H and O–H groups in total. The number of hydrogen-bond donors (Lipinski definition) is 1. The normalized spacial score (nSPS) is 35.5. The van der Waals surface area contributed by atoms with Crippen molar-refractivity contribution in [2.24, 2.45) is 23.7 Å². The van der Waals surface area contributed by atoms with E-state index >= 15 is 0 Å². The number of nitrogens with one attached hydrogen (secondary N) is 1. The highest BCUT2D eigenvalue weighted by atomic mass is 32.2. The molecular formula is C23H32N2O4S. The molecule has 0 radical (unpaired) electrons. The summed E-state index contributed by atoms with van der Waals surface area (Å²) < 4.78 is 32.7. The second-order valence-electron chi connectivity index (χ2n) is 10.1. The molecule has 6 nitrogen and oxygen atoms in total. The predicted molar refractivity (Wildman–Crippen MR) is 114 cm³/mol. The average molecular weight is 433 g/mol. The van der Waals surface area contributed by atoms with Gasteiger partial charge in [-0.05, 0) is 80.8 Å². The van der Waals surface area contributed by atoms with Crippen LogP contribution < -0.4 is 10.1 Å². The molecule has 4 bridgehead atoms. The van der Waals surface area contributed by atoms with Crippen LogP contribution in [-0.4, -0.2) is 44.4 Å². The zero-order chi connectivity index (χ0) is 20.9. The number of ether oxygens (including phenoxy) is 1. The number of carbonyl (C=O) groups is 1. The molecule has 4 saturated carbocycles. The third kappa shape index (κ3) is 3.75. The van der Waals surface area contributed by atoms with E-state index in [0.29, 0.717) is 25.3 Å². The molecule has 1 heterocycles. The molecule has 5 fully saturated rings. The van der Waals surface area contributed by atoms with Crippen molar-refractivity contribution in [3.8, 4) is 5.75 Å². The first kappa shape index (κ1) is 20.3. The van der Waals surface area contributed by atoms with Crippen LogP contribution in [0.2, 0.25) is 0 Å². The molecule has 5 aliphatic rings. The van der Waals surface area contributed by atoms with Crippen molar-refractivity contribution in [3.63, 3.8) is 0 Å². The Hall–Kier alpha value is -1.60. The Kier molecular flexibility index (Phi) is 5.09. The van der Waals surface area contributed by atoms with Gasteiger partial charge in [0.25, 0.3) is 0 Å². The van der Waals surface area contributed by atoms with Gasteiger partial charge in [-0.15, -0.1) is 0 Å². The van der Waals surface area contributed by atoms with Crippen molar-refractivity contribution in [2.45, 2.75) is 61.8 Å². The lowest BCUT2D eigenvalue weighted by atomic mass is 9.53. The summed E-state index contributed by atoms with van der Waals surface area (Å²) in [5, 5.41) is 3.43. The van der Waals surface area contributed by atoms with Gasteiger partial charge in [0.1, 0.15) is 5.75 Å². The molecule has 4 aliphatic carbocycles. The van der Waals surface area contributed by atoms with Crippen LogP contribution in [0.1, 0.15) is 51.4 Å². The summed E-state index contributed by atoms with van der Waals surface area (Å²) in [7, 11) is -2.03. The van der Waals surface area contributed by atoms with Crippen molar-refractivity contribution in [1.82, 2.24) is 9.62 Å². The monoisotopic (exact) mass is 432 g/mol. The van der Waals surface area contributed by atoms with Crippen molar-refractivity contribution in [2.75, 3.05) is 20.2 Å². The van der Waals surface area contributed by atoms with Gasteiger partial charge in [-0.2, -0.15) is 4.31 Å². The molecule has 6 rings (SSSR count). The van der Waals surface area contributed by atoms with Crippen LogP contribution in [0.4, 0.5) is 0 Å². The maximum Gasteiger partial charge on any atom is 0.243 e. The van der Waals surface area contributed by atoms with Crippen molar-refractivity contribution in [3.05, 3.63) is 24.3 Å². The van der Waals surface area contributed by atoms with Gasteiger partial charge < -0.3 is 10.1 Å². The number of nitrogens with zero attached hydrogens (tertiary/aromatic N) is 1. The summed E-state index contributed by atoms with van der Waals surface area (Å²) in [4.78, 5) is 13.1. The van der Waals surface area contributed by atoms with E-state index in [9.17, 15) is 13.2 Å². The molecule has 0 spiro atoms. The lowest BCUT2D eigenvalue weighted by Gasteiger charge is -2.57. The molecule has 0 aromatic heterocycles. The Labute approximate surface area is 179 Å². The van der Waals surface area contributed by atoms with Crippen molar-refractivity contribution >= 4 is 15.9 Å². The molecule has 30 heavy (non-hydrogen) atoms. The Bertz CT molecular complexity index is 894. The summed E-state index contributed by atoms with van der Waals surface area (Å²) >= 11 is 0. The summed E-state index contributed by atoms with van der Waals surface area (Å²) in [5.74, 6) is 3.12. The highest BCUT2D eigenvalue weighted by Gasteiger charge is 2.51. The molecule has 1 aromatic carbocycles. The topological polar surface area (TPSA) is 75.7 Å². The van der Waals surface area contributed by atoms with Crippen LogP contribution in [0.3, 0.4) is 0 Å². The van der Waals surface area contributed by atoms with Crippen molar-refractivity contribution < 1.29 is 17.9 Å². The van der Waals surface area contributed by atoms with Gasteiger partial charge in [-0.3, -0.25) is 4.79 Å². The van der Waals surface area contributed by atoms with E-state index < -0.39 is 10.0 Å². The third-order valence-corrected chi connectivity index (χ3v) is 9.71. The average Bonchev–Trinajstić information content (AvgIpc) is 3.15. The molecule has 1 unspecified atom stereocenters. The van der Waals surface area contributed by atoms with Crippen LogP contribution in [0.25, 0.3) is 0 Å². The Morgan fingerprint density at radius 3 is 2.47 bits per heavy atom. The molecule has 164 valence electrons. The smallest absolute Gasteiger partial charge is 0.243 e. The minimum atomic E-state index is -3.56. The number of amides is 1. The highest BCUT2D eigenvalue weighted by Crippen LogP contribution is 2.55. The number of benzene rings is 1. The van der Waals surface area contributed by atoms with Crippen LogP contribution in [-0.2, 0) is 14.8 Å². The summed E-state index contributed by atoms with van der Waals surface area (Å²) in [6.07, 6.45) is 8.66. The second-order valence-corrected chi connectivity index (χ2v) is 12.1. The first-order valence-corrected chi connectivity index (χ1v) is 12.7. The zero-order valence-electron chi connectivity index (χ0n) is 17.7. The Balaban J connectivity index is 1.20. The van der Waals surface area contributed by atoms with E-state index in [1.807, 2.05) is 0 Å².